The lowest BCUT2D eigenvalue weighted by Crippen LogP contribution is -2.30. The van der Waals surface area contributed by atoms with Crippen molar-refractivity contribution in [2.75, 3.05) is 0 Å². The van der Waals surface area contributed by atoms with Gasteiger partial charge in [0.2, 0.25) is 12.7 Å². The number of hydrogen-bond acceptors (Lipinski definition) is 0. The maximum absolute atomic E-state index is 2.33. The minimum absolute atomic E-state index is 1.13. The number of rotatable bonds is 12. The van der Waals surface area contributed by atoms with Gasteiger partial charge in [0.15, 0.2) is 0 Å². The molecule has 0 saturated carbocycles. The van der Waals surface area contributed by atoms with E-state index < -0.39 is 0 Å². The molecule has 0 aliphatic rings. The molecule has 128 valence electrons. The minimum atomic E-state index is 1.13. The largest absolute Gasteiger partial charge is 0.243 e. The summed E-state index contributed by atoms with van der Waals surface area (Å²) in [5.41, 5.74) is 0. The van der Waals surface area contributed by atoms with Crippen LogP contribution in [0.4, 0.5) is 0 Å². The Balaban J connectivity index is 1.41. The number of aromatic nitrogens is 4. The molecule has 0 aliphatic heterocycles. The normalized spacial score (nSPS) is 11.2. The second-order valence-corrected chi connectivity index (χ2v) is 6.68. The van der Waals surface area contributed by atoms with E-state index in [1.165, 1.54) is 57.9 Å². The highest BCUT2D eigenvalue weighted by atomic mass is 15.1. The van der Waals surface area contributed by atoms with E-state index >= 15 is 0 Å². The Hall–Kier alpha value is -1.58. The van der Waals surface area contributed by atoms with Crippen molar-refractivity contribution < 1.29 is 9.13 Å². The molecule has 2 rings (SSSR count). The Labute approximate surface area is 141 Å². The summed E-state index contributed by atoms with van der Waals surface area (Å²) in [5, 5.41) is 0. The fraction of sp³-hybridized carbons (Fsp3) is 0.684. The summed E-state index contributed by atoms with van der Waals surface area (Å²) in [6.45, 7) is 5.69. The van der Waals surface area contributed by atoms with E-state index in [0.29, 0.717) is 0 Å². The molecular formula is C19H34N4+2. The fourth-order valence-corrected chi connectivity index (χ4v) is 3.07. The predicted molar refractivity (Wildman–Crippen MR) is 92.8 cm³/mol. The minimum Gasteiger partial charge on any atom is -0.240 e. The van der Waals surface area contributed by atoms with E-state index in [-0.39, 0.29) is 0 Å². The molecular weight excluding hydrogens is 284 g/mol. The Morgan fingerprint density at radius 3 is 1.87 bits per heavy atom. The second-order valence-electron chi connectivity index (χ2n) is 6.68. The molecule has 0 aromatic carbocycles. The second kappa shape index (κ2) is 10.2. The maximum atomic E-state index is 2.33. The third kappa shape index (κ3) is 7.02. The number of hydrogen-bond donors (Lipinski definition) is 0. The molecule has 0 amide bonds. The first-order valence-corrected chi connectivity index (χ1v) is 9.34. The molecule has 2 aromatic heterocycles. The molecule has 4 heteroatoms. The van der Waals surface area contributed by atoms with Gasteiger partial charge in [-0.25, -0.2) is 18.3 Å². The van der Waals surface area contributed by atoms with Crippen LogP contribution in [0.3, 0.4) is 0 Å². The molecule has 0 N–H and O–H groups in total. The van der Waals surface area contributed by atoms with Crippen molar-refractivity contribution in [2.24, 2.45) is 7.05 Å². The molecule has 2 aromatic rings. The molecule has 0 atom stereocenters. The van der Waals surface area contributed by atoms with Gasteiger partial charge in [0.1, 0.15) is 24.8 Å². The van der Waals surface area contributed by atoms with Gasteiger partial charge in [-0.1, -0.05) is 26.2 Å². The van der Waals surface area contributed by atoms with Crippen LogP contribution in [0, 0.1) is 0 Å². The molecule has 0 bridgehead atoms. The van der Waals surface area contributed by atoms with Crippen LogP contribution in [-0.2, 0) is 26.7 Å². The van der Waals surface area contributed by atoms with Crippen molar-refractivity contribution in [3.8, 4) is 0 Å². The predicted octanol–water partition coefficient (Wildman–Crippen LogP) is 3.24. The van der Waals surface area contributed by atoms with E-state index in [0.717, 1.165) is 13.1 Å². The van der Waals surface area contributed by atoms with E-state index in [9.17, 15) is 0 Å². The summed E-state index contributed by atoms with van der Waals surface area (Å²) in [4.78, 5) is 0. The van der Waals surface area contributed by atoms with Gasteiger partial charge in [-0.05, 0) is 32.1 Å². The average molecular weight is 319 g/mol. The summed E-state index contributed by atoms with van der Waals surface area (Å²) in [6, 6.07) is 0. The van der Waals surface area contributed by atoms with E-state index in [4.69, 9.17) is 0 Å². The molecule has 0 fully saturated rings. The van der Waals surface area contributed by atoms with E-state index in [1.54, 1.807) is 0 Å². The standard InChI is InChI=1S/C19H34N4/c1-3-11-21-16-17-23(19-21)13-10-8-6-4-5-7-9-12-22-15-14-20(2)18-22/h14-19H,3-13H2,1-2H3/q+2. The lowest BCUT2D eigenvalue weighted by Gasteiger charge is -2.01. The molecule has 0 radical (unpaired) electrons. The van der Waals surface area contributed by atoms with Crippen LogP contribution in [0.25, 0.3) is 0 Å². The molecule has 0 aliphatic carbocycles. The molecule has 23 heavy (non-hydrogen) atoms. The lowest BCUT2D eigenvalue weighted by molar-refractivity contribution is -0.696. The Morgan fingerprint density at radius 1 is 0.739 bits per heavy atom. The van der Waals surface area contributed by atoms with Crippen LogP contribution >= 0.6 is 0 Å². The van der Waals surface area contributed by atoms with Gasteiger partial charge in [-0.3, -0.25) is 0 Å². The first-order valence-electron chi connectivity index (χ1n) is 9.34. The van der Waals surface area contributed by atoms with Gasteiger partial charge in [-0.15, -0.1) is 0 Å². The summed E-state index contributed by atoms with van der Waals surface area (Å²) >= 11 is 0. The molecule has 0 unspecified atom stereocenters. The van der Waals surface area contributed by atoms with Crippen LogP contribution in [0.15, 0.2) is 37.4 Å². The number of nitrogens with zero attached hydrogens (tertiary/aromatic N) is 4. The first-order chi connectivity index (χ1) is 11.3. The zero-order valence-electron chi connectivity index (χ0n) is 15.0. The number of unbranched alkanes of at least 4 members (excludes halogenated alkanes) is 6. The SMILES string of the molecule is CCC[n+]1ccn(CCCCCCCCCn2cc[n+](C)c2)c1. The zero-order valence-corrected chi connectivity index (χ0v) is 15.0. The van der Waals surface area contributed by atoms with Crippen LogP contribution in [0.5, 0.6) is 0 Å². The summed E-state index contributed by atoms with van der Waals surface area (Å²) in [6.07, 6.45) is 23.7. The van der Waals surface area contributed by atoms with E-state index in [1.807, 2.05) is 0 Å². The van der Waals surface area contributed by atoms with Crippen LogP contribution in [0.2, 0.25) is 0 Å². The molecule has 0 spiro atoms. The monoisotopic (exact) mass is 318 g/mol. The van der Waals surface area contributed by atoms with Gasteiger partial charge < -0.3 is 0 Å². The van der Waals surface area contributed by atoms with E-state index in [2.05, 4.69) is 69.7 Å². The highest BCUT2D eigenvalue weighted by Gasteiger charge is 2.02. The van der Waals surface area contributed by atoms with Crippen molar-refractivity contribution in [3.05, 3.63) is 37.4 Å². The highest BCUT2D eigenvalue weighted by molar-refractivity contribution is 4.66. The zero-order chi connectivity index (χ0) is 16.3. The molecule has 0 saturated heterocycles. The topological polar surface area (TPSA) is 17.6 Å². The summed E-state index contributed by atoms with van der Waals surface area (Å²) in [5.74, 6) is 0. The van der Waals surface area contributed by atoms with Crippen LogP contribution < -0.4 is 9.13 Å². The van der Waals surface area contributed by atoms with Crippen molar-refractivity contribution in [2.45, 2.75) is 77.9 Å². The van der Waals surface area contributed by atoms with Crippen molar-refractivity contribution >= 4 is 0 Å². The third-order valence-corrected chi connectivity index (χ3v) is 4.38. The maximum Gasteiger partial charge on any atom is 0.243 e. The number of aryl methyl sites for hydroxylation is 4. The Bertz CT molecular complexity index is 541. The van der Waals surface area contributed by atoms with Crippen molar-refractivity contribution in [3.63, 3.8) is 0 Å². The van der Waals surface area contributed by atoms with Gasteiger partial charge in [0, 0.05) is 0 Å². The van der Waals surface area contributed by atoms with Gasteiger partial charge in [0.05, 0.1) is 26.7 Å². The van der Waals surface area contributed by atoms with Crippen LogP contribution in [-0.4, -0.2) is 9.13 Å². The number of imidazole rings is 2. The van der Waals surface area contributed by atoms with Crippen molar-refractivity contribution in [1.82, 2.24) is 9.13 Å². The van der Waals surface area contributed by atoms with Crippen molar-refractivity contribution in [1.29, 1.82) is 0 Å². The summed E-state index contributed by atoms with van der Waals surface area (Å²) < 4.78 is 8.99. The van der Waals surface area contributed by atoms with Gasteiger partial charge >= 0.3 is 0 Å². The molecule has 2 heterocycles. The fourth-order valence-electron chi connectivity index (χ4n) is 3.07. The quantitative estimate of drug-likeness (QED) is 0.422. The van der Waals surface area contributed by atoms with Crippen LogP contribution in [0.1, 0.15) is 58.3 Å². The lowest BCUT2D eigenvalue weighted by atomic mass is 10.1. The summed E-state index contributed by atoms with van der Waals surface area (Å²) in [7, 11) is 2.08. The Morgan fingerprint density at radius 2 is 1.30 bits per heavy atom. The first kappa shape index (κ1) is 17.8. The third-order valence-electron chi connectivity index (χ3n) is 4.38. The van der Waals surface area contributed by atoms with Gasteiger partial charge in [-0.2, -0.15) is 0 Å². The van der Waals surface area contributed by atoms with Gasteiger partial charge in [0.25, 0.3) is 0 Å². The highest BCUT2D eigenvalue weighted by Crippen LogP contribution is 2.08. The average Bonchev–Trinajstić information content (AvgIpc) is 3.15. The molecule has 4 nitrogen and oxygen atoms in total. The smallest absolute Gasteiger partial charge is 0.240 e. The Kier molecular flexibility index (Phi) is 7.91.